The molecule has 4 rings (SSSR count). The van der Waals surface area contributed by atoms with Crippen molar-refractivity contribution in [2.24, 2.45) is 0 Å². The number of aromatic nitrogens is 4. The van der Waals surface area contributed by atoms with Crippen molar-refractivity contribution in [2.45, 2.75) is 19.9 Å². The molecule has 130 valence electrons. The minimum atomic E-state index is -0.242. The molecule has 0 saturated carbocycles. The van der Waals surface area contributed by atoms with Gasteiger partial charge in [0.25, 0.3) is 0 Å². The standard InChI is InChI=1S/C19H16FN5S/c1-2-14-9-15-17(23-10-12-3-5-13(20)6-4-12)24-18(25-19(15)26-14)16-11-21-7-8-22-16/h3-9,11H,2,10H2,1H3,(H,23,24,25). The van der Waals surface area contributed by atoms with Crippen LogP contribution in [0.25, 0.3) is 21.7 Å². The molecule has 0 amide bonds. The highest BCUT2D eigenvalue weighted by Gasteiger charge is 2.13. The lowest BCUT2D eigenvalue weighted by Crippen LogP contribution is -2.04. The molecule has 0 bridgehead atoms. The molecule has 0 radical (unpaired) electrons. The number of nitrogens with zero attached hydrogens (tertiary/aromatic N) is 4. The number of hydrogen-bond acceptors (Lipinski definition) is 6. The number of aryl methyl sites for hydroxylation is 1. The van der Waals surface area contributed by atoms with Gasteiger partial charge in [0.1, 0.15) is 22.2 Å². The molecule has 5 nitrogen and oxygen atoms in total. The second-order valence-electron chi connectivity index (χ2n) is 5.75. The molecule has 7 heteroatoms. The van der Waals surface area contributed by atoms with E-state index in [0.717, 1.165) is 28.0 Å². The van der Waals surface area contributed by atoms with Gasteiger partial charge in [0, 0.05) is 23.8 Å². The normalized spacial score (nSPS) is 11.0. The van der Waals surface area contributed by atoms with Crippen LogP contribution in [-0.2, 0) is 13.0 Å². The van der Waals surface area contributed by atoms with E-state index in [2.05, 4.69) is 38.2 Å². The molecule has 3 aromatic heterocycles. The van der Waals surface area contributed by atoms with Crippen LogP contribution in [0.5, 0.6) is 0 Å². The SMILES string of the molecule is CCc1cc2c(NCc3ccc(F)cc3)nc(-c3cnccn3)nc2s1. The van der Waals surface area contributed by atoms with Crippen LogP contribution in [0, 0.1) is 5.82 Å². The molecule has 0 unspecified atom stereocenters. The highest BCUT2D eigenvalue weighted by atomic mass is 32.1. The summed E-state index contributed by atoms with van der Waals surface area (Å²) in [4.78, 5) is 19.9. The monoisotopic (exact) mass is 365 g/mol. The van der Waals surface area contributed by atoms with E-state index < -0.39 is 0 Å². The second-order valence-corrected chi connectivity index (χ2v) is 6.87. The van der Waals surface area contributed by atoms with Crippen molar-refractivity contribution in [1.29, 1.82) is 0 Å². The Balaban J connectivity index is 1.73. The van der Waals surface area contributed by atoms with Crippen molar-refractivity contribution < 1.29 is 4.39 Å². The fraction of sp³-hybridized carbons (Fsp3) is 0.158. The number of fused-ring (bicyclic) bond motifs is 1. The average molecular weight is 365 g/mol. The third-order valence-corrected chi connectivity index (χ3v) is 5.13. The van der Waals surface area contributed by atoms with Crippen LogP contribution in [0.15, 0.2) is 48.9 Å². The van der Waals surface area contributed by atoms with Crippen LogP contribution in [0.1, 0.15) is 17.4 Å². The Labute approximate surface area is 154 Å². The highest BCUT2D eigenvalue weighted by Crippen LogP contribution is 2.31. The van der Waals surface area contributed by atoms with Gasteiger partial charge in [0.05, 0.1) is 11.6 Å². The van der Waals surface area contributed by atoms with Gasteiger partial charge in [-0.3, -0.25) is 4.98 Å². The molecular weight excluding hydrogens is 349 g/mol. The number of benzene rings is 1. The number of hydrogen-bond donors (Lipinski definition) is 1. The summed E-state index contributed by atoms with van der Waals surface area (Å²) in [7, 11) is 0. The Bertz CT molecular complexity index is 1030. The molecule has 0 aliphatic carbocycles. The Morgan fingerprint density at radius 1 is 1.12 bits per heavy atom. The maximum absolute atomic E-state index is 13.1. The zero-order chi connectivity index (χ0) is 17.9. The summed E-state index contributed by atoms with van der Waals surface area (Å²) in [5.41, 5.74) is 1.61. The van der Waals surface area contributed by atoms with Crippen molar-refractivity contribution >= 4 is 27.4 Å². The summed E-state index contributed by atoms with van der Waals surface area (Å²) in [5, 5.41) is 4.34. The first kappa shape index (κ1) is 16.5. The van der Waals surface area contributed by atoms with Crippen molar-refractivity contribution in [1.82, 2.24) is 19.9 Å². The Kier molecular flexibility index (Phi) is 4.53. The largest absolute Gasteiger partial charge is 0.365 e. The molecular formula is C19H16FN5S. The zero-order valence-electron chi connectivity index (χ0n) is 14.1. The third kappa shape index (κ3) is 3.39. The molecule has 0 fully saturated rings. The summed E-state index contributed by atoms with van der Waals surface area (Å²) in [6.45, 7) is 2.66. The molecule has 0 spiro atoms. The molecule has 0 saturated heterocycles. The quantitative estimate of drug-likeness (QED) is 0.566. The first-order chi connectivity index (χ1) is 12.7. The van der Waals surface area contributed by atoms with Crippen LogP contribution < -0.4 is 5.32 Å². The number of thiophene rings is 1. The lowest BCUT2D eigenvalue weighted by atomic mass is 10.2. The summed E-state index contributed by atoms with van der Waals surface area (Å²) in [5.74, 6) is 1.04. The Morgan fingerprint density at radius 3 is 2.69 bits per heavy atom. The van der Waals surface area contributed by atoms with E-state index in [-0.39, 0.29) is 5.82 Å². The third-order valence-electron chi connectivity index (χ3n) is 3.96. The van der Waals surface area contributed by atoms with Gasteiger partial charge < -0.3 is 5.32 Å². The first-order valence-corrected chi connectivity index (χ1v) is 9.09. The van der Waals surface area contributed by atoms with E-state index in [9.17, 15) is 4.39 Å². The molecule has 1 aromatic carbocycles. The Hall–Kier alpha value is -2.93. The van der Waals surface area contributed by atoms with Crippen molar-refractivity contribution in [3.05, 3.63) is 65.2 Å². The van der Waals surface area contributed by atoms with Gasteiger partial charge in [-0.2, -0.15) is 0 Å². The molecule has 26 heavy (non-hydrogen) atoms. The zero-order valence-corrected chi connectivity index (χ0v) is 14.9. The molecule has 0 atom stereocenters. The van der Waals surface area contributed by atoms with Crippen molar-refractivity contribution in [3.63, 3.8) is 0 Å². The van der Waals surface area contributed by atoms with E-state index in [1.54, 1.807) is 42.1 Å². The maximum Gasteiger partial charge on any atom is 0.183 e. The summed E-state index contributed by atoms with van der Waals surface area (Å²) < 4.78 is 13.1. The molecule has 3 heterocycles. The van der Waals surface area contributed by atoms with E-state index in [4.69, 9.17) is 0 Å². The predicted molar refractivity (Wildman–Crippen MR) is 102 cm³/mol. The van der Waals surface area contributed by atoms with Gasteiger partial charge >= 0.3 is 0 Å². The fourth-order valence-corrected chi connectivity index (χ4v) is 3.56. The average Bonchev–Trinajstić information content (AvgIpc) is 3.11. The fourth-order valence-electron chi connectivity index (χ4n) is 2.60. The van der Waals surface area contributed by atoms with Gasteiger partial charge in [0.2, 0.25) is 0 Å². The van der Waals surface area contributed by atoms with Crippen LogP contribution >= 0.6 is 11.3 Å². The van der Waals surface area contributed by atoms with Crippen LogP contribution in [0.3, 0.4) is 0 Å². The van der Waals surface area contributed by atoms with Gasteiger partial charge in [-0.15, -0.1) is 11.3 Å². The van der Waals surface area contributed by atoms with E-state index in [1.807, 2.05) is 0 Å². The minimum absolute atomic E-state index is 0.242. The van der Waals surface area contributed by atoms with E-state index in [1.165, 1.54) is 17.0 Å². The maximum atomic E-state index is 13.1. The van der Waals surface area contributed by atoms with Gasteiger partial charge in [-0.1, -0.05) is 19.1 Å². The summed E-state index contributed by atoms with van der Waals surface area (Å²) in [6.07, 6.45) is 5.84. The summed E-state index contributed by atoms with van der Waals surface area (Å²) in [6, 6.07) is 8.55. The summed E-state index contributed by atoms with van der Waals surface area (Å²) >= 11 is 1.66. The molecule has 0 aliphatic rings. The lowest BCUT2D eigenvalue weighted by molar-refractivity contribution is 0.627. The number of halogens is 1. The van der Waals surface area contributed by atoms with Crippen LogP contribution in [-0.4, -0.2) is 19.9 Å². The second kappa shape index (κ2) is 7.13. The van der Waals surface area contributed by atoms with Gasteiger partial charge in [0.15, 0.2) is 5.82 Å². The molecule has 4 aromatic rings. The van der Waals surface area contributed by atoms with Crippen molar-refractivity contribution in [3.8, 4) is 11.5 Å². The van der Waals surface area contributed by atoms with Crippen LogP contribution in [0.4, 0.5) is 10.2 Å². The smallest absolute Gasteiger partial charge is 0.183 e. The van der Waals surface area contributed by atoms with E-state index in [0.29, 0.717) is 18.1 Å². The van der Waals surface area contributed by atoms with Crippen LogP contribution in [0.2, 0.25) is 0 Å². The first-order valence-electron chi connectivity index (χ1n) is 8.28. The molecule has 1 N–H and O–H groups in total. The number of nitrogens with one attached hydrogen (secondary N) is 1. The minimum Gasteiger partial charge on any atom is -0.365 e. The lowest BCUT2D eigenvalue weighted by Gasteiger charge is -2.09. The van der Waals surface area contributed by atoms with E-state index >= 15 is 0 Å². The Morgan fingerprint density at radius 2 is 1.96 bits per heavy atom. The topological polar surface area (TPSA) is 63.6 Å². The number of rotatable bonds is 5. The highest BCUT2D eigenvalue weighted by molar-refractivity contribution is 7.18. The van der Waals surface area contributed by atoms with Gasteiger partial charge in [-0.25, -0.2) is 19.3 Å². The van der Waals surface area contributed by atoms with Crippen molar-refractivity contribution in [2.75, 3.05) is 5.32 Å². The predicted octanol–water partition coefficient (Wildman–Crippen LogP) is 4.46. The van der Waals surface area contributed by atoms with Gasteiger partial charge in [-0.05, 0) is 30.2 Å². The number of anilines is 1. The molecule has 0 aliphatic heterocycles.